The molecule has 0 saturated heterocycles. The van der Waals surface area contributed by atoms with Gasteiger partial charge in [0.2, 0.25) is 0 Å². The Morgan fingerprint density at radius 3 is 0.792 bits per heavy atom. The van der Waals surface area contributed by atoms with Crippen molar-refractivity contribution >= 4 is 17.9 Å². The third-order valence-corrected chi connectivity index (χ3v) is 15.7. The number of carbonyl (C=O) groups is 3. The van der Waals surface area contributed by atoms with E-state index in [0.29, 0.717) is 19.3 Å². The van der Waals surface area contributed by atoms with Gasteiger partial charge in [-0.2, -0.15) is 0 Å². The molecule has 0 fully saturated rings. The molecule has 77 heavy (non-hydrogen) atoms. The van der Waals surface area contributed by atoms with E-state index in [1.165, 1.54) is 244 Å². The van der Waals surface area contributed by atoms with Gasteiger partial charge >= 0.3 is 17.9 Å². The summed E-state index contributed by atoms with van der Waals surface area (Å²) in [7, 11) is 0. The van der Waals surface area contributed by atoms with Crippen molar-refractivity contribution in [3.05, 3.63) is 36.5 Å². The molecule has 0 aromatic carbocycles. The van der Waals surface area contributed by atoms with Crippen molar-refractivity contribution in [2.24, 2.45) is 0 Å². The fraction of sp³-hybridized carbons (Fsp3) is 0.873. The highest BCUT2D eigenvalue weighted by molar-refractivity contribution is 5.71. The lowest BCUT2D eigenvalue weighted by Crippen LogP contribution is -2.30. The van der Waals surface area contributed by atoms with Crippen LogP contribution >= 0.6 is 0 Å². The second kappa shape index (κ2) is 66.1. The molecule has 0 aliphatic heterocycles. The molecule has 1 atom stereocenters. The van der Waals surface area contributed by atoms with Gasteiger partial charge in [0, 0.05) is 19.3 Å². The van der Waals surface area contributed by atoms with Crippen LogP contribution in [0, 0.1) is 0 Å². The number of unbranched alkanes of at least 4 members (excludes halogenated alkanes) is 47. The first-order chi connectivity index (χ1) is 38.0. The van der Waals surface area contributed by atoms with Crippen LogP contribution in [0.3, 0.4) is 0 Å². The van der Waals surface area contributed by atoms with Crippen LogP contribution in [0.5, 0.6) is 0 Å². The predicted molar refractivity (Wildman–Crippen MR) is 335 cm³/mol. The van der Waals surface area contributed by atoms with Gasteiger partial charge in [0.15, 0.2) is 6.10 Å². The molecule has 0 aromatic heterocycles. The Morgan fingerprint density at radius 1 is 0.273 bits per heavy atom. The first-order valence-electron chi connectivity index (χ1n) is 34.5. The van der Waals surface area contributed by atoms with Gasteiger partial charge in [0.25, 0.3) is 0 Å². The van der Waals surface area contributed by atoms with E-state index in [4.69, 9.17) is 14.2 Å². The van der Waals surface area contributed by atoms with Crippen LogP contribution in [0.2, 0.25) is 0 Å². The van der Waals surface area contributed by atoms with Crippen LogP contribution in [0.15, 0.2) is 36.5 Å². The SMILES string of the molecule is CC/C=C\C/C=C\C/C=C\CCCCCCCC(=O)OC(COC(=O)CCCCCCCCCCCCCCCCC)COC(=O)CCCCCCCCCCCCCCCCCCCCCCCCCCCCCCC. The quantitative estimate of drug-likeness (QED) is 0.0261. The van der Waals surface area contributed by atoms with Crippen LogP contribution in [-0.4, -0.2) is 37.2 Å². The number of ether oxygens (including phenoxy) is 3. The third-order valence-electron chi connectivity index (χ3n) is 15.7. The van der Waals surface area contributed by atoms with Gasteiger partial charge in [-0.25, -0.2) is 0 Å². The fourth-order valence-electron chi connectivity index (χ4n) is 10.5. The Hall–Kier alpha value is -2.37. The van der Waals surface area contributed by atoms with E-state index in [1.54, 1.807) is 0 Å². The largest absolute Gasteiger partial charge is 0.462 e. The summed E-state index contributed by atoms with van der Waals surface area (Å²) >= 11 is 0. The molecule has 0 heterocycles. The van der Waals surface area contributed by atoms with Crippen molar-refractivity contribution in [3.8, 4) is 0 Å². The highest BCUT2D eigenvalue weighted by atomic mass is 16.6. The molecule has 0 radical (unpaired) electrons. The smallest absolute Gasteiger partial charge is 0.306 e. The molecule has 0 aliphatic carbocycles. The maximum absolute atomic E-state index is 12.9. The van der Waals surface area contributed by atoms with Crippen molar-refractivity contribution in [2.45, 2.75) is 386 Å². The minimum absolute atomic E-state index is 0.0738. The zero-order valence-corrected chi connectivity index (χ0v) is 52.0. The molecule has 452 valence electrons. The molecule has 6 heteroatoms. The van der Waals surface area contributed by atoms with E-state index >= 15 is 0 Å². The van der Waals surface area contributed by atoms with Crippen LogP contribution in [0.25, 0.3) is 0 Å². The highest BCUT2D eigenvalue weighted by Crippen LogP contribution is 2.19. The van der Waals surface area contributed by atoms with E-state index in [0.717, 1.165) is 96.3 Å². The lowest BCUT2D eigenvalue weighted by Gasteiger charge is -2.18. The molecule has 0 spiro atoms. The van der Waals surface area contributed by atoms with Crippen molar-refractivity contribution in [1.29, 1.82) is 0 Å². The summed E-state index contributed by atoms with van der Waals surface area (Å²) in [6, 6.07) is 0. The monoisotopic (exact) mass is 1080 g/mol. The van der Waals surface area contributed by atoms with Crippen molar-refractivity contribution in [1.82, 2.24) is 0 Å². The zero-order chi connectivity index (χ0) is 55.7. The van der Waals surface area contributed by atoms with Gasteiger partial charge in [-0.05, 0) is 51.4 Å². The van der Waals surface area contributed by atoms with E-state index in [2.05, 4.69) is 57.2 Å². The highest BCUT2D eigenvalue weighted by Gasteiger charge is 2.19. The summed E-state index contributed by atoms with van der Waals surface area (Å²) in [5.41, 5.74) is 0. The lowest BCUT2D eigenvalue weighted by molar-refractivity contribution is -0.167. The summed E-state index contributed by atoms with van der Waals surface area (Å²) in [4.78, 5) is 38.3. The van der Waals surface area contributed by atoms with Crippen LogP contribution < -0.4 is 0 Å². The Labute approximate surface area is 480 Å². The minimum atomic E-state index is -0.778. The second-order valence-corrected chi connectivity index (χ2v) is 23.4. The molecule has 0 N–H and O–H groups in total. The second-order valence-electron chi connectivity index (χ2n) is 23.4. The van der Waals surface area contributed by atoms with Gasteiger partial charge in [0.05, 0.1) is 0 Å². The molecule has 0 aromatic rings. The van der Waals surface area contributed by atoms with Crippen molar-refractivity contribution in [3.63, 3.8) is 0 Å². The van der Waals surface area contributed by atoms with E-state index in [1.807, 2.05) is 0 Å². The number of allylic oxidation sites excluding steroid dienone is 6. The first-order valence-corrected chi connectivity index (χ1v) is 34.5. The molecule has 0 aliphatic rings. The summed E-state index contributed by atoms with van der Waals surface area (Å²) in [5, 5.41) is 0. The van der Waals surface area contributed by atoms with Gasteiger partial charge in [-0.15, -0.1) is 0 Å². The Balaban J connectivity index is 4.16. The Kier molecular flexibility index (Phi) is 64.1. The molecule has 1 unspecified atom stereocenters. The van der Waals surface area contributed by atoms with Crippen LogP contribution in [0.1, 0.15) is 380 Å². The summed E-state index contributed by atoms with van der Waals surface area (Å²) < 4.78 is 16.9. The number of esters is 3. The topological polar surface area (TPSA) is 78.9 Å². The van der Waals surface area contributed by atoms with E-state index in [-0.39, 0.29) is 31.1 Å². The molecular formula is C71H132O6. The Bertz CT molecular complexity index is 1290. The average Bonchev–Trinajstić information content (AvgIpc) is 3.43. The number of rotatable bonds is 64. The molecular weight excluding hydrogens is 949 g/mol. The first kappa shape index (κ1) is 74.6. The maximum Gasteiger partial charge on any atom is 0.306 e. The molecule has 0 amide bonds. The van der Waals surface area contributed by atoms with Gasteiger partial charge in [-0.3, -0.25) is 14.4 Å². The van der Waals surface area contributed by atoms with E-state index in [9.17, 15) is 14.4 Å². The molecule has 0 saturated carbocycles. The summed E-state index contributed by atoms with van der Waals surface area (Å²) in [5.74, 6) is -0.864. The predicted octanol–water partition coefficient (Wildman–Crippen LogP) is 23.6. The van der Waals surface area contributed by atoms with Crippen LogP contribution in [-0.2, 0) is 28.6 Å². The zero-order valence-electron chi connectivity index (χ0n) is 52.0. The lowest BCUT2D eigenvalue weighted by atomic mass is 10.0. The average molecular weight is 1080 g/mol. The minimum Gasteiger partial charge on any atom is -0.462 e. The number of hydrogen-bond donors (Lipinski definition) is 0. The van der Waals surface area contributed by atoms with Gasteiger partial charge in [0.1, 0.15) is 13.2 Å². The summed E-state index contributed by atoms with van der Waals surface area (Å²) in [6.07, 6.45) is 81.8. The van der Waals surface area contributed by atoms with Gasteiger partial charge < -0.3 is 14.2 Å². The number of hydrogen-bond acceptors (Lipinski definition) is 6. The molecule has 6 nitrogen and oxygen atoms in total. The molecule has 0 rings (SSSR count). The van der Waals surface area contributed by atoms with Gasteiger partial charge in [-0.1, -0.05) is 346 Å². The van der Waals surface area contributed by atoms with E-state index < -0.39 is 6.10 Å². The Morgan fingerprint density at radius 2 is 0.506 bits per heavy atom. The fourth-order valence-corrected chi connectivity index (χ4v) is 10.5. The third kappa shape index (κ3) is 64.3. The van der Waals surface area contributed by atoms with Crippen molar-refractivity contribution in [2.75, 3.05) is 13.2 Å². The van der Waals surface area contributed by atoms with Crippen molar-refractivity contribution < 1.29 is 28.6 Å². The maximum atomic E-state index is 12.9. The number of carbonyl (C=O) groups excluding carboxylic acids is 3. The molecule has 0 bridgehead atoms. The normalized spacial score (nSPS) is 12.2. The standard InChI is InChI=1S/C71H132O6/c1-4-7-10-13-16-19-22-25-28-29-30-31-32-33-34-35-36-37-38-39-40-41-44-46-49-52-55-58-61-64-70(73)76-67-68(77-71(74)65-62-59-56-53-50-47-43-27-24-21-18-15-12-9-6-3)66-75-69(72)63-60-57-54-51-48-45-42-26-23-20-17-14-11-8-5-2/h9,12,18,21,27,43,68H,4-8,10-11,13-17,19-20,22-26,28-42,44-67H2,1-3H3/b12-9-,21-18-,43-27-. The summed E-state index contributed by atoms with van der Waals surface area (Å²) in [6.45, 7) is 6.59. The van der Waals surface area contributed by atoms with Crippen LogP contribution in [0.4, 0.5) is 0 Å².